The Balaban J connectivity index is 1.22. The molecule has 1 saturated heterocycles. The third-order valence-electron chi connectivity index (χ3n) is 10.2. The molecule has 8 nitrogen and oxygen atoms in total. The highest BCUT2D eigenvalue weighted by Gasteiger charge is 2.56. The van der Waals surface area contributed by atoms with E-state index in [2.05, 4.69) is 48.2 Å². The van der Waals surface area contributed by atoms with Crippen molar-refractivity contribution in [2.75, 3.05) is 32.1 Å². The highest BCUT2D eigenvalue weighted by atomic mass is 19.1. The van der Waals surface area contributed by atoms with E-state index in [0.29, 0.717) is 58.6 Å². The Kier molecular flexibility index (Phi) is 7.72. The summed E-state index contributed by atoms with van der Waals surface area (Å²) in [5.74, 6) is 3.05. The van der Waals surface area contributed by atoms with E-state index in [1.807, 2.05) is 18.2 Å². The molecule has 2 heterocycles. The number of nitrogens with zero attached hydrogens (tertiary/aromatic N) is 4. The Bertz CT molecular complexity index is 1550. The molecule has 2 N–H and O–H groups in total. The van der Waals surface area contributed by atoms with Crippen LogP contribution in [0.15, 0.2) is 52.5 Å². The van der Waals surface area contributed by atoms with Gasteiger partial charge in [0.1, 0.15) is 11.6 Å². The molecular weight excluding hydrogens is 531 g/mol. The first-order valence-corrected chi connectivity index (χ1v) is 15.3. The monoisotopic (exact) mass is 574 g/mol. The molecule has 42 heavy (non-hydrogen) atoms. The van der Waals surface area contributed by atoms with E-state index < -0.39 is 0 Å². The number of methoxy groups -OCH3 is 1. The van der Waals surface area contributed by atoms with E-state index in [-0.39, 0.29) is 11.4 Å². The molecule has 0 spiro atoms. The van der Waals surface area contributed by atoms with Crippen LogP contribution in [-0.4, -0.2) is 59.2 Å². The minimum atomic E-state index is -0.341. The Hall–Kier alpha value is -3.46. The second kappa shape index (κ2) is 11.3. The average molecular weight is 575 g/mol. The van der Waals surface area contributed by atoms with Gasteiger partial charge in [0, 0.05) is 44.0 Å². The van der Waals surface area contributed by atoms with E-state index in [1.54, 1.807) is 23.0 Å². The fourth-order valence-electron chi connectivity index (χ4n) is 7.39. The number of benzene rings is 2. The number of guanidine groups is 1. The Morgan fingerprint density at radius 3 is 2.76 bits per heavy atom. The fourth-order valence-corrected chi connectivity index (χ4v) is 7.39. The molecule has 0 radical (unpaired) electrons. The molecule has 2 bridgehead atoms. The molecule has 7 rings (SSSR count). The van der Waals surface area contributed by atoms with E-state index in [9.17, 15) is 9.18 Å². The van der Waals surface area contributed by atoms with Gasteiger partial charge in [-0.2, -0.15) is 0 Å². The van der Waals surface area contributed by atoms with Gasteiger partial charge < -0.3 is 20.3 Å². The standard InChI is InChI=1S/C33H43FN6O2/c1-20-18-39(13-11-35-20)32(38-29-15-23-14-27(21(29)2)33(23,3)4)37-24-7-9-26-30(16-24)36-19-40(31(26)41)12-10-22-6-8-25(42-5)17-28(22)34/h6-9,16-17,19-21,23,27,29,35H,10-15,18H2,1-5H3,(H,37,38)/t20-,21-,23-,27+,29-/m0/s1. The van der Waals surface area contributed by atoms with Gasteiger partial charge in [-0.15, -0.1) is 0 Å². The summed E-state index contributed by atoms with van der Waals surface area (Å²) in [6.45, 7) is 12.5. The summed E-state index contributed by atoms with van der Waals surface area (Å²) in [6.07, 6.45) is 4.40. The summed E-state index contributed by atoms with van der Waals surface area (Å²) in [7, 11) is 1.51. The third kappa shape index (κ3) is 5.39. The molecule has 5 atom stereocenters. The molecule has 9 heteroatoms. The number of hydrogen-bond acceptors (Lipinski definition) is 5. The van der Waals surface area contributed by atoms with E-state index in [0.717, 1.165) is 49.5 Å². The fraction of sp³-hybridized carbons (Fsp3) is 0.545. The molecule has 0 amide bonds. The van der Waals surface area contributed by atoms with Crippen molar-refractivity contribution in [1.29, 1.82) is 0 Å². The number of fused-ring (bicyclic) bond motifs is 3. The summed E-state index contributed by atoms with van der Waals surface area (Å²) in [5, 5.41) is 7.70. The lowest BCUT2D eigenvalue weighted by Crippen LogP contribution is -2.57. The van der Waals surface area contributed by atoms with Crippen LogP contribution in [0.5, 0.6) is 5.75 Å². The molecule has 1 aromatic heterocycles. The van der Waals surface area contributed by atoms with Crippen molar-refractivity contribution in [1.82, 2.24) is 19.8 Å². The summed E-state index contributed by atoms with van der Waals surface area (Å²) in [6, 6.07) is 11.2. The van der Waals surface area contributed by atoms with Crippen LogP contribution in [0.25, 0.3) is 10.9 Å². The van der Waals surface area contributed by atoms with Crippen molar-refractivity contribution in [2.45, 2.75) is 65.6 Å². The number of anilines is 1. The molecule has 2 aromatic carbocycles. The van der Waals surface area contributed by atoms with E-state index in [1.165, 1.54) is 19.6 Å². The van der Waals surface area contributed by atoms with Crippen molar-refractivity contribution < 1.29 is 9.13 Å². The lowest BCUT2D eigenvalue weighted by molar-refractivity contribution is -0.108. The van der Waals surface area contributed by atoms with Gasteiger partial charge in [0.15, 0.2) is 5.96 Å². The Morgan fingerprint density at radius 2 is 2.05 bits per heavy atom. The van der Waals surface area contributed by atoms with Crippen LogP contribution in [0, 0.1) is 29.0 Å². The summed E-state index contributed by atoms with van der Waals surface area (Å²) >= 11 is 0. The van der Waals surface area contributed by atoms with E-state index in [4.69, 9.17) is 9.73 Å². The molecule has 3 saturated carbocycles. The van der Waals surface area contributed by atoms with E-state index >= 15 is 0 Å². The van der Waals surface area contributed by atoms with Crippen LogP contribution in [0.1, 0.15) is 46.1 Å². The zero-order valence-electron chi connectivity index (χ0n) is 25.4. The number of aromatic nitrogens is 2. The minimum absolute atomic E-state index is 0.136. The Morgan fingerprint density at radius 1 is 1.21 bits per heavy atom. The van der Waals surface area contributed by atoms with Crippen molar-refractivity contribution >= 4 is 22.5 Å². The topological polar surface area (TPSA) is 83.8 Å². The first-order chi connectivity index (χ1) is 20.1. The first kappa shape index (κ1) is 28.6. The summed E-state index contributed by atoms with van der Waals surface area (Å²) in [5.41, 5.74) is 2.31. The smallest absolute Gasteiger partial charge is 0.261 e. The maximum absolute atomic E-state index is 14.4. The van der Waals surface area contributed by atoms with Crippen molar-refractivity contribution in [3.05, 3.63) is 64.5 Å². The lowest BCUT2D eigenvalue weighted by atomic mass is 9.45. The summed E-state index contributed by atoms with van der Waals surface area (Å²) in [4.78, 5) is 25.6. The van der Waals surface area contributed by atoms with Gasteiger partial charge in [0.25, 0.3) is 5.56 Å². The van der Waals surface area contributed by atoms with Gasteiger partial charge in [-0.05, 0) is 79.2 Å². The molecule has 224 valence electrons. The zero-order chi connectivity index (χ0) is 29.6. The molecule has 0 unspecified atom stereocenters. The van der Waals surface area contributed by atoms with Gasteiger partial charge >= 0.3 is 0 Å². The predicted octanol–water partition coefficient (Wildman–Crippen LogP) is 4.92. The maximum atomic E-state index is 14.4. The molecule has 4 fully saturated rings. The number of rotatable bonds is 6. The van der Waals surface area contributed by atoms with Crippen molar-refractivity contribution in [3.8, 4) is 5.75 Å². The Labute approximate surface area is 247 Å². The normalized spacial score (nSPS) is 27.0. The van der Waals surface area contributed by atoms with Crippen LogP contribution in [0.3, 0.4) is 0 Å². The van der Waals surface area contributed by atoms with Gasteiger partial charge in [0.2, 0.25) is 0 Å². The molecule has 1 aliphatic heterocycles. The number of ether oxygens (including phenoxy) is 1. The zero-order valence-corrected chi connectivity index (χ0v) is 25.4. The number of piperazine rings is 1. The van der Waals surface area contributed by atoms with Crippen molar-refractivity contribution in [3.63, 3.8) is 0 Å². The van der Waals surface area contributed by atoms with Gasteiger partial charge in [-0.25, -0.2) is 14.4 Å². The highest BCUT2D eigenvalue weighted by Crippen LogP contribution is 2.61. The van der Waals surface area contributed by atoms with Crippen LogP contribution >= 0.6 is 0 Å². The molecule has 3 aliphatic carbocycles. The number of hydrogen-bond donors (Lipinski definition) is 2. The highest BCUT2D eigenvalue weighted by molar-refractivity contribution is 5.96. The second-order valence-corrected chi connectivity index (χ2v) is 13.1. The van der Waals surface area contributed by atoms with Crippen LogP contribution in [0.2, 0.25) is 0 Å². The number of aliphatic imine (C=N–C) groups is 1. The minimum Gasteiger partial charge on any atom is -0.497 e. The first-order valence-electron chi connectivity index (χ1n) is 15.3. The SMILES string of the molecule is COc1ccc(CCn2cnc3cc(NC(=N[C@H]4C[C@@H]5C[C@H]([C@@H]4C)C5(C)C)N4CCN[C@@H](C)C4)ccc3c2=O)c(F)c1. The van der Waals surface area contributed by atoms with Crippen molar-refractivity contribution in [2.24, 2.45) is 28.2 Å². The van der Waals surface area contributed by atoms with Gasteiger partial charge in [0.05, 0.1) is 30.4 Å². The molecule has 3 aromatic rings. The maximum Gasteiger partial charge on any atom is 0.261 e. The number of nitrogens with one attached hydrogen (secondary N) is 2. The predicted molar refractivity (Wildman–Crippen MR) is 166 cm³/mol. The number of aryl methyl sites for hydroxylation is 2. The molecular formula is C33H43FN6O2. The van der Waals surface area contributed by atoms with Crippen LogP contribution < -0.4 is 20.9 Å². The number of halogens is 1. The van der Waals surface area contributed by atoms with Gasteiger partial charge in [-0.1, -0.05) is 26.8 Å². The lowest BCUT2D eigenvalue weighted by Gasteiger charge is -2.61. The average Bonchev–Trinajstić information content (AvgIpc) is 2.97. The van der Waals surface area contributed by atoms with Crippen LogP contribution in [0.4, 0.5) is 10.1 Å². The second-order valence-electron chi connectivity index (χ2n) is 13.1. The molecule has 4 aliphatic rings. The summed E-state index contributed by atoms with van der Waals surface area (Å²) < 4.78 is 21.0. The van der Waals surface area contributed by atoms with Crippen LogP contribution in [-0.2, 0) is 13.0 Å². The third-order valence-corrected chi connectivity index (χ3v) is 10.2. The largest absolute Gasteiger partial charge is 0.497 e. The van der Waals surface area contributed by atoms with Gasteiger partial charge in [-0.3, -0.25) is 9.36 Å². The quantitative estimate of drug-likeness (QED) is 0.321.